The van der Waals surface area contributed by atoms with Crippen molar-refractivity contribution < 1.29 is 18.3 Å². The van der Waals surface area contributed by atoms with Crippen molar-refractivity contribution in [3.8, 4) is 5.75 Å². The van der Waals surface area contributed by atoms with Crippen molar-refractivity contribution in [1.82, 2.24) is 0 Å². The summed E-state index contributed by atoms with van der Waals surface area (Å²) >= 11 is 10.6. The van der Waals surface area contributed by atoms with Crippen molar-refractivity contribution in [2.24, 2.45) is 0 Å². The van der Waals surface area contributed by atoms with Gasteiger partial charge in [-0.25, -0.2) is 0 Å². The van der Waals surface area contributed by atoms with Gasteiger partial charge in [-0.1, -0.05) is 17.7 Å². The molecule has 0 radical (unpaired) electrons. The number of thiocarbonyl (C=S) groups is 1. The summed E-state index contributed by atoms with van der Waals surface area (Å²) < 4.78 is 38.4. The Labute approximate surface area is 141 Å². The number of anilines is 2. The number of benzene rings is 2. The van der Waals surface area contributed by atoms with E-state index in [2.05, 4.69) is 10.6 Å². The van der Waals surface area contributed by atoms with Crippen LogP contribution in [0.5, 0.6) is 5.75 Å². The molecule has 8 heteroatoms. The topological polar surface area (TPSA) is 44.3 Å². The minimum absolute atomic E-state index is 0.0867. The number of phenols is 1. The Balaban J connectivity index is 2.12. The van der Waals surface area contributed by atoms with Crippen LogP contribution in [0.1, 0.15) is 11.1 Å². The third-order valence-electron chi connectivity index (χ3n) is 3.00. The first-order chi connectivity index (χ1) is 10.7. The molecule has 0 saturated carbocycles. The van der Waals surface area contributed by atoms with E-state index < -0.39 is 11.7 Å². The molecule has 0 amide bonds. The normalized spacial score (nSPS) is 11.2. The second-order valence-electron chi connectivity index (χ2n) is 4.77. The second-order valence-corrected chi connectivity index (χ2v) is 5.59. The highest BCUT2D eigenvalue weighted by Gasteiger charge is 2.33. The quantitative estimate of drug-likeness (QED) is 0.645. The van der Waals surface area contributed by atoms with E-state index in [1.807, 2.05) is 0 Å². The zero-order valence-electron chi connectivity index (χ0n) is 11.8. The number of halogens is 4. The van der Waals surface area contributed by atoms with Gasteiger partial charge < -0.3 is 15.7 Å². The Kier molecular flexibility index (Phi) is 5.01. The Bertz CT molecular complexity index is 750. The van der Waals surface area contributed by atoms with Crippen LogP contribution in [0.3, 0.4) is 0 Å². The molecule has 23 heavy (non-hydrogen) atoms. The summed E-state index contributed by atoms with van der Waals surface area (Å²) in [4.78, 5) is 0. The lowest BCUT2D eigenvalue weighted by Gasteiger charge is -2.14. The van der Waals surface area contributed by atoms with Gasteiger partial charge in [0.25, 0.3) is 0 Å². The molecule has 2 aromatic rings. The van der Waals surface area contributed by atoms with Crippen LogP contribution in [0.25, 0.3) is 0 Å². The summed E-state index contributed by atoms with van der Waals surface area (Å²) in [6.07, 6.45) is -4.55. The van der Waals surface area contributed by atoms with E-state index in [4.69, 9.17) is 23.8 Å². The zero-order chi connectivity index (χ0) is 17.2. The number of hydrogen-bond acceptors (Lipinski definition) is 2. The lowest BCUT2D eigenvalue weighted by molar-refractivity contribution is -0.137. The highest BCUT2D eigenvalue weighted by molar-refractivity contribution is 7.80. The maximum absolute atomic E-state index is 12.8. The van der Waals surface area contributed by atoms with Crippen molar-refractivity contribution in [1.29, 1.82) is 0 Å². The van der Waals surface area contributed by atoms with E-state index in [0.717, 1.165) is 12.1 Å². The Morgan fingerprint density at radius 3 is 2.22 bits per heavy atom. The van der Waals surface area contributed by atoms with Crippen LogP contribution in [0.2, 0.25) is 5.02 Å². The average molecular weight is 361 g/mol. The minimum Gasteiger partial charge on any atom is -0.508 e. The van der Waals surface area contributed by atoms with Crippen LogP contribution in [0, 0.1) is 6.92 Å². The lowest BCUT2D eigenvalue weighted by Crippen LogP contribution is -2.19. The van der Waals surface area contributed by atoms with Crippen molar-refractivity contribution >= 4 is 40.3 Å². The van der Waals surface area contributed by atoms with Gasteiger partial charge in [0, 0.05) is 17.4 Å². The summed E-state index contributed by atoms with van der Waals surface area (Å²) in [5.41, 5.74) is 0.410. The van der Waals surface area contributed by atoms with Crippen LogP contribution >= 0.6 is 23.8 Å². The van der Waals surface area contributed by atoms with Gasteiger partial charge in [0.2, 0.25) is 0 Å². The number of rotatable bonds is 2. The molecule has 0 bridgehead atoms. The molecule has 2 aromatic carbocycles. The van der Waals surface area contributed by atoms with E-state index in [1.54, 1.807) is 19.1 Å². The molecule has 0 saturated heterocycles. The molecule has 0 aliphatic carbocycles. The Morgan fingerprint density at radius 1 is 1.09 bits per heavy atom. The third kappa shape index (κ3) is 4.49. The monoisotopic (exact) mass is 360 g/mol. The van der Waals surface area contributed by atoms with Gasteiger partial charge in [-0.15, -0.1) is 0 Å². The van der Waals surface area contributed by atoms with E-state index in [-0.39, 0.29) is 21.6 Å². The van der Waals surface area contributed by atoms with E-state index >= 15 is 0 Å². The van der Waals surface area contributed by atoms with Crippen LogP contribution in [-0.4, -0.2) is 10.2 Å². The summed E-state index contributed by atoms with van der Waals surface area (Å²) in [7, 11) is 0. The smallest absolute Gasteiger partial charge is 0.417 e. The fourth-order valence-corrected chi connectivity index (χ4v) is 2.26. The van der Waals surface area contributed by atoms with Crippen LogP contribution in [0.4, 0.5) is 24.5 Å². The maximum Gasteiger partial charge on any atom is 0.417 e. The van der Waals surface area contributed by atoms with Crippen LogP contribution in [0.15, 0.2) is 36.4 Å². The predicted octanol–water partition coefficient (Wildman–Crippen LogP) is 5.18. The summed E-state index contributed by atoms with van der Waals surface area (Å²) in [6, 6.07) is 8.25. The molecule has 0 spiro atoms. The molecule has 3 N–H and O–H groups in total. The number of phenolic OH excluding ortho intramolecular Hbond substituents is 1. The number of nitrogens with one attached hydrogen (secondary N) is 2. The first kappa shape index (κ1) is 17.4. The molecule has 0 unspecified atom stereocenters. The van der Waals surface area contributed by atoms with E-state index in [1.165, 1.54) is 12.1 Å². The van der Waals surface area contributed by atoms with E-state index in [0.29, 0.717) is 11.3 Å². The highest BCUT2D eigenvalue weighted by Crippen LogP contribution is 2.36. The Morgan fingerprint density at radius 2 is 1.65 bits per heavy atom. The molecule has 0 heterocycles. The summed E-state index contributed by atoms with van der Waals surface area (Å²) in [5.74, 6) is 0.0867. The molecular weight excluding hydrogens is 349 g/mol. The average Bonchev–Trinajstić information content (AvgIpc) is 2.44. The van der Waals surface area contributed by atoms with Crippen molar-refractivity contribution in [3.05, 3.63) is 52.5 Å². The number of alkyl halides is 3. The fraction of sp³-hybridized carbons (Fsp3) is 0.133. The largest absolute Gasteiger partial charge is 0.508 e. The van der Waals surface area contributed by atoms with Crippen LogP contribution < -0.4 is 10.6 Å². The van der Waals surface area contributed by atoms with Gasteiger partial charge in [0.1, 0.15) is 5.75 Å². The molecule has 0 fully saturated rings. The molecule has 0 aromatic heterocycles. The summed E-state index contributed by atoms with van der Waals surface area (Å²) in [5, 5.41) is 14.7. The number of aromatic hydroxyl groups is 1. The molecular formula is C15H12ClF3N2OS. The zero-order valence-corrected chi connectivity index (χ0v) is 13.4. The third-order valence-corrected chi connectivity index (χ3v) is 3.53. The standard InChI is InChI=1S/C15H12ClF3N2OS/c1-8-2-3-10(7-13(8)22)21-14(23)20-9-4-5-12(16)11(6-9)15(17,18)19/h2-7,22H,1H3,(H2,20,21,23). The molecule has 0 aliphatic heterocycles. The predicted molar refractivity (Wildman–Crippen MR) is 89.1 cm³/mol. The lowest BCUT2D eigenvalue weighted by atomic mass is 10.2. The molecule has 0 atom stereocenters. The Hall–Kier alpha value is -1.99. The minimum atomic E-state index is -4.55. The maximum atomic E-state index is 12.8. The highest BCUT2D eigenvalue weighted by atomic mass is 35.5. The molecule has 0 aliphatic rings. The van der Waals surface area contributed by atoms with Crippen molar-refractivity contribution in [3.63, 3.8) is 0 Å². The van der Waals surface area contributed by atoms with Gasteiger partial charge in [-0.2, -0.15) is 13.2 Å². The van der Waals surface area contributed by atoms with Gasteiger partial charge in [0.15, 0.2) is 5.11 Å². The summed E-state index contributed by atoms with van der Waals surface area (Å²) in [6.45, 7) is 1.74. The van der Waals surface area contributed by atoms with Gasteiger partial charge in [-0.05, 0) is 49.0 Å². The van der Waals surface area contributed by atoms with Crippen LogP contribution in [-0.2, 0) is 6.18 Å². The molecule has 122 valence electrons. The van der Waals surface area contributed by atoms with Gasteiger partial charge in [-0.3, -0.25) is 0 Å². The number of aryl methyl sites for hydroxylation is 1. The van der Waals surface area contributed by atoms with Crippen molar-refractivity contribution in [2.45, 2.75) is 13.1 Å². The van der Waals surface area contributed by atoms with Gasteiger partial charge >= 0.3 is 6.18 Å². The number of hydrogen-bond donors (Lipinski definition) is 3. The first-order valence-electron chi connectivity index (χ1n) is 6.41. The van der Waals surface area contributed by atoms with Crippen molar-refractivity contribution in [2.75, 3.05) is 10.6 Å². The second kappa shape index (κ2) is 6.64. The van der Waals surface area contributed by atoms with Gasteiger partial charge in [0.05, 0.1) is 10.6 Å². The first-order valence-corrected chi connectivity index (χ1v) is 7.20. The molecule has 3 nitrogen and oxygen atoms in total. The van der Waals surface area contributed by atoms with E-state index in [9.17, 15) is 18.3 Å². The fourth-order valence-electron chi connectivity index (χ4n) is 1.80. The SMILES string of the molecule is Cc1ccc(NC(=S)Nc2ccc(Cl)c(C(F)(F)F)c2)cc1O. The molecule has 2 rings (SSSR count).